The standard InChI is InChI=1S/C24H28N6OS.HI/c1-16(18-9-5-4-6-10-18)27-24(26-15-23-29-28-17(2)30(23)3)25-14-20(31)22-13-19-11-7-8-12-21(19)32-22;/h4-13,16,20,31H,14-15H2,1-3H3,(H2,25,26,27);1H. The Morgan fingerprint density at radius 2 is 1.85 bits per heavy atom. The van der Waals surface area contributed by atoms with Crippen molar-refractivity contribution in [2.45, 2.75) is 32.5 Å². The number of hydrogen-bond donors (Lipinski definition) is 3. The molecule has 0 spiro atoms. The van der Waals surface area contributed by atoms with Gasteiger partial charge in [0.25, 0.3) is 0 Å². The van der Waals surface area contributed by atoms with Gasteiger partial charge in [-0.2, -0.15) is 0 Å². The number of benzene rings is 2. The number of nitrogens with one attached hydrogen (secondary N) is 2. The van der Waals surface area contributed by atoms with Crippen molar-refractivity contribution in [2.75, 3.05) is 6.54 Å². The van der Waals surface area contributed by atoms with Crippen LogP contribution in [0.15, 0.2) is 65.7 Å². The molecule has 2 atom stereocenters. The summed E-state index contributed by atoms with van der Waals surface area (Å²) < 4.78 is 3.09. The van der Waals surface area contributed by atoms with Crippen molar-refractivity contribution in [3.63, 3.8) is 0 Å². The van der Waals surface area contributed by atoms with E-state index in [0.717, 1.165) is 27.5 Å². The highest BCUT2D eigenvalue weighted by Gasteiger charge is 2.14. The van der Waals surface area contributed by atoms with E-state index < -0.39 is 6.10 Å². The molecule has 2 aromatic carbocycles. The lowest BCUT2D eigenvalue weighted by Gasteiger charge is -2.20. The number of nitrogens with zero attached hydrogens (tertiary/aromatic N) is 4. The number of rotatable bonds is 7. The number of halogens is 1. The average molecular weight is 577 g/mol. The summed E-state index contributed by atoms with van der Waals surface area (Å²) in [5, 5.41) is 27.0. The van der Waals surface area contributed by atoms with Gasteiger partial charge in [-0.1, -0.05) is 48.5 Å². The maximum atomic E-state index is 10.8. The highest BCUT2D eigenvalue weighted by atomic mass is 127. The van der Waals surface area contributed by atoms with E-state index in [0.29, 0.717) is 19.0 Å². The third kappa shape index (κ3) is 6.30. The fraction of sp³-hybridized carbons (Fsp3) is 0.292. The van der Waals surface area contributed by atoms with Crippen LogP contribution in [-0.4, -0.2) is 32.4 Å². The Balaban J connectivity index is 0.00000306. The number of fused-ring (bicyclic) bond motifs is 1. The summed E-state index contributed by atoms with van der Waals surface area (Å²) in [4.78, 5) is 5.63. The van der Waals surface area contributed by atoms with E-state index in [-0.39, 0.29) is 30.0 Å². The first-order valence-corrected chi connectivity index (χ1v) is 11.4. The van der Waals surface area contributed by atoms with Gasteiger partial charge in [-0.3, -0.25) is 0 Å². The maximum Gasteiger partial charge on any atom is 0.192 e. The zero-order valence-electron chi connectivity index (χ0n) is 18.9. The van der Waals surface area contributed by atoms with Crippen LogP contribution < -0.4 is 10.6 Å². The van der Waals surface area contributed by atoms with Gasteiger partial charge in [0.2, 0.25) is 0 Å². The molecule has 0 aliphatic heterocycles. The van der Waals surface area contributed by atoms with Crippen LogP contribution >= 0.6 is 35.3 Å². The first kappa shape index (κ1) is 25.1. The van der Waals surface area contributed by atoms with E-state index in [1.807, 2.05) is 54.9 Å². The molecule has 2 unspecified atom stereocenters. The molecular formula is C24H29IN6OS. The van der Waals surface area contributed by atoms with E-state index in [1.54, 1.807) is 11.3 Å². The Kier molecular flexibility index (Phi) is 8.81. The molecule has 9 heteroatoms. The number of thiophene rings is 1. The third-order valence-electron chi connectivity index (χ3n) is 5.45. The Morgan fingerprint density at radius 3 is 2.55 bits per heavy atom. The Morgan fingerprint density at radius 1 is 1.12 bits per heavy atom. The van der Waals surface area contributed by atoms with Crippen molar-refractivity contribution in [2.24, 2.45) is 12.0 Å². The number of aliphatic hydroxyl groups excluding tert-OH is 1. The van der Waals surface area contributed by atoms with Gasteiger partial charge in [0.15, 0.2) is 11.8 Å². The molecule has 2 heterocycles. The second kappa shape index (κ2) is 11.6. The lowest BCUT2D eigenvalue weighted by atomic mass is 10.1. The molecule has 2 aromatic heterocycles. The third-order valence-corrected chi connectivity index (χ3v) is 6.67. The molecule has 0 saturated carbocycles. The first-order chi connectivity index (χ1) is 15.5. The minimum absolute atomic E-state index is 0. The molecule has 3 N–H and O–H groups in total. The SMILES string of the molecule is Cc1nnc(CN=C(NCC(O)c2cc3ccccc3s2)NC(C)c2ccccc2)n1C.I. The normalized spacial score (nSPS) is 13.4. The van der Waals surface area contributed by atoms with Crippen molar-refractivity contribution in [1.29, 1.82) is 0 Å². The molecule has 0 fully saturated rings. The molecule has 0 bridgehead atoms. The first-order valence-electron chi connectivity index (χ1n) is 10.6. The molecule has 0 amide bonds. The van der Waals surface area contributed by atoms with E-state index in [2.05, 4.69) is 52.0 Å². The largest absolute Gasteiger partial charge is 0.386 e. The summed E-state index contributed by atoms with van der Waals surface area (Å²) in [5.74, 6) is 2.23. The monoisotopic (exact) mass is 576 g/mol. The molecule has 33 heavy (non-hydrogen) atoms. The number of aliphatic hydroxyl groups is 1. The number of aliphatic imine (C=N–C) groups is 1. The van der Waals surface area contributed by atoms with E-state index >= 15 is 0 Å². The zero-order chi connectivity index (χ0) is 22.5. The van der Waals surface area contributed by atoms with Gasteiger partial charge < -0.3 is 20.3 Å². The number of guanidine groups is 1. The summed E-state index contributed by atoms with van der Waals surface area (Å²) in [6, 6.07) is 20.4. The number of hydrogen-bond acceptors (Lipinski definition) is 5. The summed E-state index contributed by atoms with van der Waals surface area (Å²) in [6.45, 7) is 4.73. The highest BCUT2D eigenvalue weighted by molar-refractivity contribution is 14.0. The predicted molar refractivity (Wildman–Crippen MR) is 145 cm³/mol. The van der Waals surface area contributed by atoms with Crippen molar-refractivity contribution in [1.82, 2.24) is 25.4 Å². The van der Waals surface area contributed by atoms with Crippen LogP contribution in [0.25, 0.3) is 10.1 Å². The van der Waals surface area contributed by atoms with E-state index in [4.69, 9.17) is 4.99 Å². The van der Waals surface area contributed by atoms with Crippen LogP contribution in [0.1, 0.15) is 41.2 Å². The van der Waals surface area contributed by atoms with Gasteiger partial charge >= 0.3 is 0 Å². The smallest absolute Gasteiger partial charge is 0.192 e. The molecule has 174 valence electrons. The Hall–Kier alpha value is -2.50. The summed E-state index contributed by atoms with van der Waals surface area (Å²) in [5.41, 5.74) is 1.15. The van der Waals surface area contributed by atoms with Crippen LogP contribution in [0, 0.1) is 6.92 Å². The zero-order valence-corrected chi connectivity index (χ0v) is 22.0. The van der Waals surface area contributed by atoms with Crippen molar-refractivity contribution in [3.05, 3.63) is 82.8 Å². The molecule has 4 aromatic rings. The van der Waals surface area contributed by atoms with Crippen LogP contribution in [0.2, 0.25) is 0 Å². The van der Waals surface area contributed by atoms with Gasteiger partial charge in [-0.05, 0) is 36.9 Å². The number of aryl methyl sites for hydroxylation is 1. The topological polar surface area (TPSA) is 87.4 Å². The Labute approximate surface area is 215 Å². The predicted octanol–water partition coefficient (Wildman–Crippen LogP) is 4.49. The molecule has 7 nitrogen and oxygen atoms in total. The minimum Gasteiger partial charge on any atom is -0.386 e. The van der Waals surface area contributed by atoms with Gasteiger partial charge in [-0.15, -0.1) is 45.5 Å². The van der Waals surface area contributed by atoms with Crippen LogP contribution in [-0.2, 0) is 13.6 Å². The molecule has 0 aliphatic rings. The fourth-order valence-electron chi connectivity index (χ4n) is 3.38. The van der Waals surface area contributed by atoms with Crippen LogP contribution in [0.3, 0.4) is 0 Å². The molecule has 0 saturated heterocycles. The van der Waals surface area contributed by atoms with Crippen molar-refractivity contribution in [3.8, 4) is 0 Å². The maximum absolute atomic E-state index is 10.8. The van der Waals surface area contributed by atoms with Gasteiger partial charge in [-0.25, -0.2) is 4.99 Å². The second-order valence-electron chi connectivity index (χ2n) is 7.75. The summed E-state index contributed by atoms with van der Waals surface area (Å²) in [7, 11) is 1.93. The van der Waals surface area contributed by atoms with Crippen LogP contribution in [0.4, 0.5) is 0 Å². The summed E-state index contributed by atoms with van der Waals surface area (Å²) >= 11 is 1.61. The van der Waals surface area contributed by atoms with Crippen LogP contribution in [0.5, 0.6) is 0 Å². The lowest BCUT2D eigenvalue weighted by molar-refractivity contribution is 0.184. The van der Waals surface area contributed by atoms with Gasteiger partial charge in [0, 0.05) is 23.2 Å². The van der Waals surface area contributed by atoms with Crippen molar-refractivity contribution >= 4 is 51.4 Å². The van der Waals surface area contributed by atoms with Gasteiger partial charge in [0.1, 0.15) is 18.5 Å². The minimum atomic E-state index is -0.636. The molecular weight excluding hydrogens is 547 g/mol. The number of aromatic nitrogens is 3. The highest BCUT2D eigenvalue weighted by Crippen LogP contribution is 2.29. The Bertz CT molecular complexity index is 1170. The average Bonchev–Trinajstić information content (AvgIpc) is 3.39. The lowest BCUT2D eigenvalue weighted by Crippen LogP contribution is -2.40. The fourth-order valence-corrected chi connectivity index (χ4v) is 4.43. The molecule has 0 aliphatic carbocycles. The van der Waals surface area contributed by atoms with Gasteiger partial charge in [0.05, 0.1) is 6.04 Å². The summed E-state index contributed by atoms with van der Waals surface area (Å²) in [6.07, 6.45) is -0.636. The van der Waals surface area contributed by atoms with E-state index in [1.165, 1.54) is 4.70 Å². The van der Waals surface area contributed by atoms with Crippen molar-refractivity contribution < 1.29 is 5.11 Å². The quantitative estimate of drug-likeness (QED) is 0.172. The molecule has 0 radical (unpaired) electrons. The second-order valence-corrected chi connectivity index (χ2v) is 8.86. The van der Waals surface area contributed by atoms with E-state index in [9.17, 15) is 5.11 Å². The molecule has 4 rings (SSSR count).